The third-order valence-corrected chi connectivity index (χ3v) is 5.82. The van der Waals surface area contributed by atoms with Crippen molar-refractivity contribution < 1.29 is 4.79 Å². The number of fused-ring (bicyclic) bond motifs is 1. The molecule has 0 saturated heterocycles. The Morgan fingerprint density at radius 3 is 2.54 bits per heavy atom. The number of aryl methyl sites for hydroxylation is 2. The standard InChI is InChI=1S/C24H29N3O/c28-24(20-11-5-2-6-12-20)25-17-15-23-26-21-13-7-8-14-22(21)27(23)18-16-19-9-3-1-4-10-19/h1,3-4,7-10,13-14,20H,2,5-6,11-12,15-18H2,(H,25,28). The van der Waals surface area contributed by atoms with Gasteiger partial charge in [0, 0.05) is 25.4 Å². The maximum Gasteiger partial charge on any atom is 0.223 e. The average molecular weight is 376 g/mol. The number of nitrogens with zero attached hydrogens (tertiary/aromatic N) is 2. The number of nitrogens with one attached hydrogen (secondary N) is 1. The van der Waals surface area contributed by atoms with Gasteiger partial charge in [0.2, 0.25) is 5.91 Å². The van der Waals surface area contributed by atoms with E-state index in [2.05, 4.69) is 58.4 Å². The fraction of sp³-hybridized carbons (Fsp3) is 0.417. The van der Waals surface area contributed by atoms with Crippen molar-refractivity contribution in [2.24, 2.45) is 5.92 Å². The van der Waals surface area contributed by atoms with Crippen LogP contribution in [0.15, 0.2) is 54.6 Å². The van der Waals surface area contributed by atoms with E-state index < -0.39 is 0 Å². The van der Waals surface area contributed by atoms with Crippen molar-refractivity contribution in [2.45, 2.75) is 51.5 Å². The number of rotatable bonds is 7. The molecule has 0 aliphatic heterocycles. The highest BCUT2D eigenvalue weighted by Gasteiger charge is 2.20. The van der Waals surface area contributed by atoms with Crippen LogP contribution < -0.4 is 5.32 Å². The van der Waals surface area contributed by atoms with Crippen molar-refractivity contribution in [1.29, 1.82) is 0 Å². The van der Waals surface area contributed by atoms with E-state index in [4.69, 9.17) is 4.98 Å². The van der Waals surface area contributed by atoms with Crippen molar-refractivity contribution in [2.75, 3.05) is 6.54 Å². The molecule has 1 aliphatic carbocycles. The predicted octanol–water partition coefficient (Wildman–Crippen LogP) is 4.52. The molecule has 0 spiro atoms. The van der Waals surface area contributed by atoms with Crippen LogP contribution in [0.1, 0.15) is 43.5 Å². The lowest BCUT2D eigenvalue weighted by Crippen LogP contribution is -2.33. The number of benzene rings is 2. The molecule has 2 aromatic carbocycles. The number of hydrogen-bond donors (Lipinski definition) is 1. The molecule has 1 fully saturated rings. The summed E-state index contributed by atoms with van der Waals surface area (Å²) in [5.41, 5.74) is 3.54. The van der Waals surface area contributed by atoms with Crippen LogP contribution in [0.3, 0.4) is 0 Å². The topological polar surface area (TPSA) is 46.9 Å². The normalized spacial score (nSPS) is 15.0. The van der Waals surface area contributed by atoms with Crippen molar-refractivity contribution in [3.05, 3.63) is 66.0 Å². The summed E-state index contributed by atoms with van der Waals surface area (Å²) in [4.78, 5) is 17.3. The second kappa shape index (κ2) is 9.05. The summed E-state index contributed by atoms with van der Waals surface area (Å²) in [6, 6.07) is 18.9. The maximum atomic E-state index is 12.4. The van der Waals surface area contributed by atoms with Crippen LogP contribution in [0.25, 0.3) is 11.0 Å². The van der Waals surface area contributed by atoms with Gasteiger partial charge in [-0.15, -0.1) is 0 Å². The van der Waals surface area contributed by atoms with Gasteiger partial charge in [0.1, 0.15) is 5.82 Å². The highest BCUT2D eigenvalue weighted by molar-refractivity contribution is 5.78. The van der Waals surface area contributed by atoms with E-state index in [-0.39, 0.29) is 11.8 Å². The van der Waals surface area contributed by atoms with Gasteiger partial charge in [0.05, 0.1) is 11.0 Å². The molecular formula is C24H29N3O. The Labute approximate surface area is 167 Å². The molecule has 4 rings (SSSR count). The Morgan fingerprint density at radius 1 is 0.964 bits per heavy atom. The lowest BCUT2D eigenvalue weighted by atomic mass is 9.89. The van der Waals surface area contributed by atoms with Crippen LogP contribution >= 0.6 is 0 Å². The van der Waals surface area contributed by atoms with Crippen LogP contribution in [0.4, 0.5) is 0 Å². The zero-order valence-corrected chi connectivity index (χ0v) is 16.4. The smallest absolute Gasteiger partial charge is 0.223 e. The number of carbonyl (C=O) groups is 1. The molecule has 4 heteroatoms. The van der Waals surface area contributed by atoms with Crippen molar-refractivity contribution in [3.63, 3.8) is 0 Å². The lowest BCUT2D eigenvalue weighted by Gasteiger charge is -2.20. The minimum absolute atomic E-state index is 0.214. The molecule has 28 heavy (non-hydrogen) atoms. The number of carbonyl (C=O) groups excluding carboxylic acids is 1. The quantitative estimate of drug-likeness (QED) is 0.660. The maximum absolute atomic E-state index is 12.4. The minimum atomic E-state index is 0.214. The Kier molecular flexibility index (Phi) is 6.05. The number of para-hydroxylation sites is 2. The van der Waals surface area contributed by atoms with Gasteiger partial charge >= 0.3 is 0 Å². The minimum Gasteiger partial charge on any atom is -0.355 e. The summed E-state index contributed by atoms with van der Waals surface area (Å²) in [5, 5.41) is 3.15. The zero-order valence-electron chi connectivity index (χ0n) is 16.4. The third kappa shape index (κ3) is 4.44. The highest BCUT2D eigenvalue weighted by Crippen LogP contribution is 2.23. The van der Waals surface area contributed by atoms with Gasteiger partial charge in [-0.1, -0.05) is 61.7 Å². The number of amides is 1. The summed E-state index contributed by atoms with van der Waals surface area (Å²) in [5.74, 6) is 1.50. The van der Waals surface area contributed by atoms with Gasteiger partial charge in [0.15, 0.2) is 0 Å². The third-order valence-electron chi connectivity index (χ3n) is 5.82. The fourth-order valence-corrected chi connectivity index (χ4v) is 4.26. The summed E-state index contributed by atoms with van der Waals surface area (Å²) in [7, 11) is 0. The molecule has 146 valence electrons. The molecular weight excluding hydrogens is 346 g/mol. The van der Waals surface area contributed by atoms with E-state index in [0.717, 1.165) is 43.6 Å². The lowest BCUT2D eigenvalue weighted by molar-refractivity contribution is -0.125. The average Bonchev–Trinajstić information content (AvgIpc) is 3.11. The Bertz CT molecular complexity index is 910. The van der Waals surface area contributed by atoms with Gasteiger partial charge in [-0.05, 0) is 37.0 Å². The van der Waals surface area contributed by atoms with Crippen LogP contribution in [0.5, 0.6) is 0 Å². The van der Waals surface area contributed by atoms with Crippen molar-refractivity contribution in [3.8, 4) is 0 Å². The van der Waals surface area contributed by atoms with E-state index in [1.165, 1.54) is 30.3 Å². The molecule has 0 radical (unpaired) electrons. The van der Waals surface area contributed by atoms with E-state index in [1.807, 2.05) is 6.07 Å². The summed E-state index contributed by atoms with van der Waals surface area (Å²) in [6.45, 7) is 1.56. The van der Waals surface area contributed by atoms with E-state index >= 15 is 0 Å². The monoisotopic (exact) mass is 375 g/mol. The van der Waals surface area contributed by atoms with Crippen LogP contribution in [-0.2, 0) is 24.2 Å². The number of imidazole rings is 1. The Balaban J connectivity index is 1.43. The largest absolute Gasteiger partial charge is 0.355 e. The molecule has 1 N–H and O–H groups in total. The molecule has 0 bridgehead atoms. The fourth-order valence-electron chi connectivity index (χ4n) is 4.26. The predicted molar refractivity (Wildman–Crippen MR) is 113 cm³/mol. The molecule has 1 heterocycles. The molecule has 1 amide bonds. The summed E-state index contributed by atoms with van der Waals surface area (Å²) >= 11 is 0. The summed E-state index contributed by atoms with van der Waals surface area (Å²) in [6.07, 6.45) is 7.48. The van der Waals surface area contributed by atoms with Gasteiger partial charge in [-0.25, -0.2) is 4.98 Å². The van der Waals surface area contributed by atoms with E-state index in [0.29, 0.717) is 6.54 Å². The Hall–Kier alpha value is -2.62. The van der Waals surface area contributed by atoms with E-state index in [1.54, 1.807) is 0 Å². The van der Waals surface area contributed by atoms with Gasteiger partial charge < -0.3 is 9.88 Å². The van der Waals surface area contributed by atoms with Crippen molar-refractivity contribution in [1.82, 2.24) is 14.9 Å². The van der Waals surface area contributed by atoms with Gasteiger partial charge in [-0.2, -0.15) is 0 Å². The molecule has 1 saturated carbocycles. The first-order valence-corrected chi connectivity index (χ1v) is 10.6. The first-order valence-electron chi connectivity index (χ1n) is 10.6. The molecule has 1 aliphatic rings. The number of hydrogen-bond acceptors (Lipinski definition) is 2. The number of aromatic nitrogens is 2. The zero-order chi connectivity index (χ0) is 19.2. The van der Waals surface area contributed by atoms with Crippen LogP contribution in [0.2, 0.25) is 0 Å². The molecule has 0 atom stereocenters. The second-order valence-electron chi connectivity index (χ2n) is 7.78. The first kappa shape index (κ1) is 18.7. The Morgan fingerprint density at radius 2 is 1.71 bits per heavy atom. The van der Waals surface area contributed by atoms with E-state index in [9.17, 15) is 4.79 Å². The van der Waals surface area contributed by atoms with Gasteiger partial charge in [-0.3, -0.25) is 4.79 Å². The first-order chi connectivity index (χ1) is 13.8. The molecule has 0 unspecified atom stereocenters. The second-order valence-corrected chi connectivity index (χ2v) is 7.78. The van der Waals surface area contributed by atoms with Crippen LogP contribution in [0, 0.1) is 5.92 Å². The van der Waals surface area contributed by atoms with Crippen molar-refractivity contribution >= 4 is 16.9 Å². The molecule has 3 aromatic rings. The molecule has 1 aromatic heterocycles. The van der Waals surface area contributed by atoms with Crippen LogP contribution in [-0.4, -0.2) is 22.0 Å². The molecule has 4 nitrogen and oxygen atoms in total. The summed E-state index contributed by atoms with van der Waals surface area (Å²) < 4.78 is 2.31. The van der Waals surface area contributed by atoms with Gasteiger partial charge in [0.25, 0.3) is 0 Å². The highest BCUT2D eigenvalue weighted by atomic mass is 16.1. The SMILES string of the molecule is O=C(NCCc1nc2ccccc2n1CCc1ccccc1)C1CCCCC1.